The first-order valence-electron chi connectivity index (χ1n) is 4.39. The molecule has 1 rings (SSSR count). The van der Waals surface area contributed by atoms with Gasteiger partial charge in [0.1, 0.15) is 17.9 Å². The summed E-state index contributed by atoms with van der Waals surface area (Å²) >= 11 is 0. The fourth-order valence-corrected chi connectivity index (χ4v) is 0.965. The van der Waals surface area contributed by atoms with Crippen LogP contribution in [0.2, 0.25) is 0 Å². The Morgan fingerprint density at radius 3 is 2.75 bits per heavy atom. The number of aliphatic carboxylic acids is 1. The summed E-state index contributed by atoms with van der Waals surface area (Å²) in [6, 6.07) is -0.860. The molecule has 0 aliphatic rings. The number of carbonyl (C=O) groups is 1. The lowest BCUT2D eigenvalue weighted by Gasteiger charge is -2.08. The molecule has 0 radical (unpaired) electrons. The molecule has 0 amide bonds. The van der Waals surface area contributed by atoms with E-state index in [1.807, 2.05) is 0 Å². The lowest BCUT2D eigenvalue weighted by atomic mass is 10.3. The van der Waals surface area contributed by atoms with E-state index in [4.69, 9.17) is 5.11 Å². The van der Waals surface area contributed by atoms with Crippen molar-refractivity contribution >= 4 is 17.6 Å². The van der Waals surface area contributed by atoms with Crippen molar-refractivity contribution in [1.29, 1.82) is 0 Å². The maximum Gasteiger partial charge on any atom is 0.325 e. The summed E-state index contributed by atoms with van der Waals surface area (Å²) in [6.45, 7) is 2.87. The van der Waals surface area contributed by atoms with Crippen molar-refractivity contribution < 1.29 is 14.8 Å². The Labute approximate surface area is 90.5 Å². The number of aryl methyl sites for hydroxylation is 1. The lowest BCUT2D eigenvalue weighted by molar-refractivity contribution is -0.386. The van der Waals surface area contributed by atoms with Crippen LogP contribution in [0.1, 0.15) is 12.6 Å². The molecular weight excluding hydrogens is 216 g/mol. The second-order valence-corrected chi connectivity index (χ2v) is 3.13. The standard InChI is InChI=1S/C8H10N4O4/c1-4-6(12(15)16)3-9-8(10-4)11-5(2)7(13)14/h3,5H,1-2H3,(H,13,14)(H,9,10,11)/t5-/m1/s1. The van der Waals surface area contributed by atoms with Crippen LogP contribution < -0.4 is 5.32 Å². The van der Waals surface area contributed by atoms with Gasteiger partial charge in [-0.15, -0.1) is 0 Å². The minimum absolute atomic E-state index is 0.0537. The smallest absolute Gasteiger partial charge is 0.325 e. The van der Waals surface area contributed by atoms with Gasteiger partial charge in [0, 0.05) is 0 Å². The van der Waals surface area contributed by atoms with Gasteiger partial charge in [-0.25, -0.2) is 9.97 Å². The number of carboxylic acid groups (broad SMARTS) is 1. The SMILES string of the molecule is Cc1nc(N[C@H](C)C(=O)O)ncc1[N+](=O)[O-]. The van der Waals surface area contributed by atoms with Crippen LogP contribution in [0.25, 0.3) is 0 Å². The third-order valence-corrected chi connectivity index (χ3v) is 1.87. The molecule has 0 aliphatic carbocycles. The van der Waals surface area contributed by atoms with Crippen LogP contribution in [0.4, 0.5) is 11.6 Å². The van der Waals surface area contributed by atoms with Gasteiger partial charge in [0.15, 0.2) is 0 Å². The number of rotatable bonds is 4. The number of hydrogen-bond donors (Lipinski definition) is 2. The number of anilines is 1. The molecule has 1 atom stereocenters. The molecule has 1 heterocycles. The van der Waals surface area contributed by atoms with Crippen molar-refractivity contribution in [3.63, 3.8) is 0 Å². The molecule has 1 aromatic heterocycles. The Morgan fingerprint density at radius 2 is 2.31 bits per heavy atom. The number of hydrogen-bond acceptors (Lipinski definition) is 6. The van der Waals surface area contributed by atoms with E-state index in [0.717, 1.165) is 6.20 Å². The molecule has 0 fully saturated rings. The predicted molar refractivity (Wildman–Crippen MR) is 54.1 cm³/mol. The second kappa shape index (κ2) is 4.51. The third-order valence-electron chi connectivity index (χ3n) is 1.87. The molecule has 0 aromatic carbocycles. The van der Waals surface area contributed by atoms with Gasteiger partial charge in [-0.2, -0.15) is 0 Å². The summed E-state index contributed by atoms with van der Waals surface area (Å²) in [4.78, 5) is 27.9. The van der Waals surface area contributed by atoms with Crippen molar-refractivity contribution in [2.75, 3.05) is 5.32 Å². The number of nitrogens with zero attached hydrogens (tertiary/aromatic N) is 3. The maximum atomic E-state index is 10.5. The number of aromatic nitrogens is 2. The van der Waals surface area contributed by atoms with Crippen LogP contribution in [-0.2, 0) is 4.79 Å². The molecule has 0 saturated heterocycles. The summed E-state index contributed by atoms with van der Waals surface area (Å²) < 4.78 is 0. The monoisotopic (exact) mass is 226 g/mol. The topological polar surface area (TPSA) is 118 Å². The zero-order valence-electron chi connectivity index (χ0n) is 8.67. The Morgan fingerprint density at radius 1 is 1.69 bits per heavy atom. The first kappa shape index (κ1) is 11.8. The molecular formula is C8H10N4O4. The van der Waals surface area contributed by atoms with Crippen molar-refractivity contribution in [3.8, 4) is 0 Å². The van der Waals surface area contributed by atoms with Gasteiger partial charge in [0.2, 0.25) is 5.95 Å². The highest BCUT2D eigenvalue weighted by molar-refractivity contribution is 5.75. The summed E-state index contributed by atoms with van der Waals surface area (Å²) in [5, 5.41) is 21.6. The van der Waals surface area contributed by atoms with Crippen LogP contribution in [0.3, 0.4) is 0 Å². The average molecular weight is 226 g/mol. The number of nitro groups is 1. The van der Waals surface area contributed by atoms with Crippen LogP contribution in [0.15, 0.2) is 6.20 Å². The van der Waals surface area contributed by atoms with Crippen molar-refractivity contribution in [1.82, 2.24) is 9.97 Å². The molecule has 0 saturated carbocycles. The van der Waals surface area contributed by atoms with Crippen molar-refractivity contribution in [2.24, 2.45) is 0 Å². The summed E-state index contributed by atoms with van der Waals surface area (Å²) in [7, 11) is 0. The van der Waals surface area contributed by atoms with Crippen LogP contribution >= 0.6 is 0 Å². The minimum atomic E-state index is -1.06. The Balaban J connectivity index is 2.89. The van der Waals surface area contributed by atoms with Gasteiger partial charge in [0.05, 0.1) is 4.92 Å². The Kier molecular flexibility index (Phi) is 3.33. The molecule has 0 spiro atoms. The van der Waals surface area contributed by atoms with Crippen LogP contribution in [0.5, 0.6) is 0 Å². The van der Waals surface area contributed by atoms with Gasteiger partial charge in [-0.1, -0.05) is 0 Å². The highest BCUT2D eigenvalue weighted by Crippen LogP contribution is 2.15. The molecule has 86 valence electrons. The van der Waals surface area contributed by atoms with E-state index >= 15 is 0 Å². The zero-order chi connectivity index (χ0) is 12.3. The molecule has 0 bridgehead atoms. The molecule has 16 heavy (non-hydrogen) atoms. The van der Waals surface area contributed by atoms with E-state index < -0.39 is 16.9 Å². The average Bonchev–Trinajstić information content (AvgIpc) is 2.16. The summed E-state index contributed by atoms with van der Waals surface area (Å²) in [6.07, 6.45) is 1.04. The molecule has 8 heteroatoms. The van der Waals surface area contributed by atoms with E-state index in [2.05, 4.69) is 15.3 Å². The van der Waals surface area contributed by atoms with Crippen LogP contribution in [0, 0.1) is 17.0 Å². The zero-order valence-corrected chi connectivity index (χ0v) is 8.67. The number of nitrogens with one attached hydrogen (secondary N) is 1. The summed E-state index contributed by atoms with van der Waals surface area (Å²) in [5.74, 6) is -1.00. The predicted octanol–water partition coefficient (Wildman–Crippen LogP) is 0.578. The molecule has 0 aliphatic heterocycles. The normalized spacial score (nSPS) is 11.9. The molecule has 2 N–H and O–H groups in total. The van der Waals surface area contributed by atoms with Gasteiger partial charge in [-0.3, -0.25) is 14.9 Å². The quantitative estimate of drug-likeness (QED) is 0.569. The van der Waals surface area contributed by atoms with Crippen LogP contribution in [-0.4, -0.2) is 32.0 Å². The third kappa shape index (κ3) is 2.62. The van der Waals surface area contributed by atoms with E-state index in [-0.39, 0.29) is 17.3 Å². The first-order valence-corrected chi connectivity index (χ1v) is 4.39. The van der Waals surface area contributed by atoms with Gasteiger partial charge < -0.3 is 10.4 Å². The molecule has 8 nitrogen and oxygen atoms in total. The highest BCUT2D eigenvalue weighted by atomic mass is 16.6. The fraction of sp³-hybridized carbons (Fsp3) is 0.375. The van der Waals surface area contributed by atoms with Gasteiger partial charge in [-0.05, 0) is 13.8 Å². The summed E-state index contributed by atoms with van der Waals surface area (Å²) in [5.41, 5.74) is -0.0198. The Hall–Kier alpha value is -2.25. The fourth-order valence-electron chi connectivity index (χ4n) is 0.965. The number of carboxylic acids is 1. The largest absolute Gasteiger partial charge is 0.480 e. The minimum Gasteiger partial charge on any atom is -0.480 e. The van der Waals surface area contributed by atoms with E-state index in [9.17, 15) is 14.9 Å². The maximum absolute atomic E-state index is 10.5. The van der Waals surface area contributed by atoms with E-state index in [0.29, 0.717) is 0 Å². The second-order valence-electron chi connectivity index (χ2n) is 3.13. The van der Waals surface area contributed by atoms with E-state index in [1.165, 1.54) is 13.8 Å². The van der Waals surface area contributed by atoms with Crippen molar-refractivity contribution in [3.05, 3.63) is 22.0 Å². The molecule has 1 aromatic rings. The van der Waals surface area contributed by atoms with Gasteiger partial charge in [0.25, 0.3) is 0 Å². The molecule has 0 unspecified atom stereocenters. The lowest BCUT2D eigenvalue weighted by Crippen LogP contribution is -2.26. The first-order chi connectivity index (χ1) is 7.41. The van der Waals surface area contributed by atoms with Crippen molar-refractivity contribution in [2.45, 2.75) is 19.9 Å². The highest BCUT2D eigenvalue weighted by Gasteiger charge is 2.16. The van der Waals surface area contributed by atoms with E-state index in [1.54, 1.807) is 0 Å². The van der Waals surface area contributed by atoms with Gasteiger partial charge >= 0.3 is 11.7 Å². The Bertz CT molecular complexity index is 434.